The zero-order valence-corrected chi connectivity index (χ0v) is 17.7. The molecule has 10 heteroatoms. The molecule has 3 aromatic rings. The second-order valence-corrected chi connectivity index (χ2v) is 11.2. The standard InChI is InChI=1S/C20H20N2O6S2/c1-29(24,25)12-17-16-7-2-3-8-18(16)28-19(17)20(23)21-14-5-4-6-15(11-14)30(26,27)22-13-9-10-13/h2-8,11,13,22H,9-10,12H2,1H3,(H,21,23). The normalized spacial score (nSPS) is 14.7. The van der Waals surface area contributed by atoms with Crippen LogP contribution in [0.25, 0.3) is 11.0 Å². The van der Waals surface area contributed by atoms with Crippen molar-refractivity contribution in [3.05, 3.63) is 59.9 Å². The van der Waals surface area contributed by atoms with Crippen LogP contribution >= 0.6 is 0 Å². The first-order valence-electron chi connectivity index (χ1n) is 9.24. The number of sulfone groups is 1. The molecule has 30 heavy (non-hydrogen) atoms. The highest BCUT2D eigenvalue weighted by Crippen LogP contribution is 2.29. The first-order chi connectivity index (χ1) is 14.1. The van der Waals surface area contributed by atoms with Gasteiger partial charge in [-0.15, -0.1) is 0 Å². The number of nitrogens with one attached hydrogen (secondary N) is 2. The van der Waals surface area contributed by atoms with Crippen molar-refractivity contribution in [2.75, 3.05) is 11.6 Å². The van der Waals surface area contributed by atoms with Crippen molar-refractivity contribution in [1.29, 1.82) is 0 Å². The highest BCUT2D eigenvalue weighted by molar-refractivity contribution is 7.90. The summed E-state index contributed by atoms with van der Waals surface area (Å²) in [7, 11) is -7.10. The Morgan fingerprint density at radius 2 is 1.80 bits per heavy atom. The molecule has 0 spiro atoms. The summed E-state index contributed by atoms with van der Waals surface area (Å²) in [6.45, 7) is 0. The van der Waals surface area contributed by atoms with Crippen molar-refractivity contribution in [2.45, 2.75) is 29.5 Å². The molecule has 8 nitrogen and oxygen atoms in total. The second-order valence-electron chi connectivity index (χ2n) is 7.35. The molecule has 1 saturated carbocycles. The first kappa shape index (κ1) is 20.6. The van der Waals surface area contributed by atoms with E-state index >= 15 is 0 Å². The van der Waals surface area contributed by atoms with E-state index in [1.54, 1.807) is 30.3 Å². The van der Waals surface area contributed by atoms with E-state index < -0.39 is 25.8 Å². The smallest absolute Gasteiger partial charge is 0.291 e. The molecule has 1 aliphatic rings. The predicted octanol–water partition coefficient (Wildman–Crippen LogP) is 2.67. The molecule has 0 aliphatic heterocycles. The molecule has 0 unspecified atom stereocenters. The fourth-order valence-electron chi connectivity index (χ4n) is 3.11. The van der Waals surface area contributed by atoms with E-state index in [9.17, 15) is 21.6 Å². The van der Waals surface area contributed by atoms with E-state index in [0.717, 1.165) is 19.1 Å². The maximum absolute atomic E-state index is 12.9. The van der Waals surface area contributed by atoms with E-state index in [1.807, 2.05) is 0 Å². The summed E-state index contributed by atoms with van der Waals surface area (Å²) >= 11 is 0. The average molecular weight is 449 g/mol. The zero-order valence-electron chi connectivity index (χ0n) is 16.1. The lowest BCUT2D eigenvalue weighted by Gasteiger charge is -2.09. The number of carbonyl (C=O) groups is 1. The van der Waals surface area contributed by atoms with Crippen LogP contribution in [0.1, 0.15) is 29.0 Å². The van der Waals surface area contributed by atoms with Crippen LogP contribution in [0.3, 0.4) is 0 Å². The van der Waals surface area contributed by atoms with Gasteiger partial charge in [0.2, 0.25) is 10.0 Å². The van der Waals surface area contributed by atoms with Crippen molar-refractivity contribution < 1.29 is 26.0 Å². The molecule has 1 heterocycles. The molecule has 4 rings (SSSR count). The number of hydrogen-bond acceptors (Lipinski definition) is 6. The van der Waals surface area contributed by atoms with Crippen molar-refractivity contribution in [3.63, 3.8) is 0 Å². The molecular formula is C20H20N2O6S2. The second kappa shape index (κ2) is 7.53. The molecule has 1 aromatic heterocycles. The van der Waals surface area contributed by atoms with Gasteiger partial charge in [-0.25, -0.2) is 21.6 Å². The number of fused-ring (bicyclic) bond motifs is 1. The van der Waals surface area contributed by atoms with Gasteiger partial charge in [-0.1, -0.05) is 24.3 Å². The van der Waals surface area contributed by atoms with Gasteiger partial charge in [0, 0.05) is 28.9 Å². The Bertz CT molecular complexity index is 1340. The Hall–Kier alpha value is -2.69. The van der Waals surface area contributed by atoms with E-state index in [-0.39, 0.29) is 33.7 Å². The van der Waals surface area contributed by atoms with Gasteiger partial charge in [-0.2, -0.15) is 0 Å². The van der Waals surface area contributed by atoms with E-state index in [1.165, 1.54) is 18.2 Å². The summed E-state index contributed by atoms with van der Waals surface area (Å²) in [6, 6.07) is 12.6. The van der Waals surface area contributed by atoms with Crippen LogP contribution in [0.15, 0.2) is 57.8 Å². The fraction of sp³-hybridized carbons (Fsp3) is 0.250. The van der Waals surface area contributed by atoms with Crippen molar-refractivity contribution in [3.8, 4) is 0 Å². The largest absolute Gasteiger partial charge is 0.451 e. The highest BCUT2D eigenvalue weighted by Gasteiger charge is 2.28. The molecule has 2 aromatic carbocycles. The molecule has 0 radical (unpaired) electrons. The van der Waals surface area contributed by atoms with Crippen molar-refractivity contribution >= 4 is 42.4 Å². The van der Waals surface area contributed by atoms with Gasteiger partial charge in [-0.05, 0) is 37.1 Å². The van der Waals surface area contributed by atoms with Crippen LogP contribution in [-0.4, -0.2) is 35.0 Å². The average Bonchev–Trinajstić information content (AvgIpc) is 3.40. The molecule has 2 N–H and O–H groups in total. The number of rotatable bonds is 7. The van der Waals surface area contributed by atoms with Crippen LogP contribution in [0.2, 0.25) is 0 Å². The van der Waals surface area contributed by atoms with Gasteiger partial charge < -0.3 is 9.73 Å². The van der Waals surface area contributed by atoms with Crippen molar-refractivity contribution in [1.82, 2.24) is 4.72 Å². The number of furan rings is 1. The summed E-state index contributed by atoms with van der Waals surface area (Å²) in [5, 5.41) is 3.15. The van der Waals surface area contributed by atoms with Gasteiger partial charge in [0.15, 0.2) is 15.6 Å². The Balaban J connectivity index is 1.65. The summed E-state index contributed by atoms with van der Waals surface area (Å²) in [6.07, 6.45) is 2.70. The lowest BCUT2D eigenvalue weighted by Crippen LogP contribution is -2.25. The minimum atomic E-state index is -3.68. The number of anilines is 1. The number of benzene rings is 2. The highest BCUT2D eigenvalue weighted by atomic mass is 32.2. The third-order valence-corrected chi connectivity index (χ3v) is 6.94. The van der Waals surface area contributed by atoms with Crippen LogP contribution < -0.4 is 10.0 Å². The molecule has 158 valence electrons. The molecule has 0 atom stereocenters. The minimum Gasteiger partial charge on any atom is -0.451 e. The summed E-state index contributed by atoms with van der Waals surface area (Å²) in [5.74, 6) is -1.13. The first-order valence-corrected chi connectivity index (χ1v) is 12.8. The number of para-hydroxylation sites is 1. The number of carbonyl (C=O) groups excluding carboxylic acids is 1. The summed E-state index contributed by atoms with van der Waals surface area (Å²) in [5.41, 5.74) is 0.917. The quantitative estimate of drug-likeness (QED) is 0.573. The number of hydrogen-bond donors (Lipinski definition) is 2. The fourth-order valence-corrected chi connectivity index (χ4v) is 5.27. The minimum absolute atomic E-state index is 0.0353. The monoisotopic (exact) mass is 448 g/mol. The molecular weight excluding hydrogens is 428 g/mol. The van der Waals surface area contributed by atoms with Crippen LogP contribution in [0.4, 0.5) is 5.69 Å². The van der Waals surface area contributed by atoms with E-state index in [0.29, 0.717) is 11.0 Å². The summed E-state index contributed by atoms with van der Waals surface area (Å²) in [4.78, 5) is 12.9. The summed E-state index contributed by atoms with van der Waals surface area (Å²) < 4.78 is 56.8. The molecule has 0 bridgehead atoms. The molecule has 0 saturated heterocycles. The van der Waals surface area contributed by atoms with Gasteiger partial charge in [0.1, 0.15) is 5.58 Å². The third-order valence-electron chi connectivity index (χ3n) is 4.61. The number of sulfonamides is 1. The third kappa shape index (κ3) is 4.55. The topological polar surface area (TPSA) is 123 Å². The maximum Gasteiger partial charge on any atom is 0.291 e. The van der Waals surface area contributed by atoms with E-state index in [4.69, 9.17) is 4.42 Å². The molecule has 1 aliphatic carbocycles. The van der Waals surface area contributed by atoms with Crippen LogP contribution in [-0.2, 0) is 25.6 Å². The van der Waals surface area contributed by atoms with E-state index in [2.05, 4.69) is 10.0 Å². The van der Waals surface area contributed by atoms with Crippen LogP contribution in [0, 0.1) is 0 Å². The van der Waals surface area contributed by atoms with Gasteiger partial charge >= 0.3 is 0 Å². The zero-order chi connectivity index (χ0) is 21.5. The Labute approximate surface area is 174 Å². The van der Waals surface area contributed by atoms with Gasteiger partial charge in [0.05, 0.1) is 10.6 Å². The van der Waals surface area contributed by atoms with Crippen LogP contribution in [0.5, 0.6) is 0 Å². The molecule has 1 amide bonds. The lowest BCUT2D eigenvalue weighted by molar-refractivity contribution is 0.0997. The Kier molecular flexibility index (Phi) is 5.16. The lowest BCUT2D eigenvalue weighted by atomic mass is 10.1. The molecule has 1 fully saturated rings. The Morgan fingerprint density at radius 1 is 1.07 bits per heavy atom. The maximum atomic E-state index is 12.9. The Morgan fingerprint density at radius 3 is 2.50 bits per heavy atom. The SMILES string of the molecule is CS(=O)(=O)Cc1c(C(=O)Nc2cccc(S(=O)(=O)NC3CC3)c2)oc2ccccc12. The number of amides is 1. The van der Waals surface area contributed by atoms with Gasteiger partial charge in [-0.3, -0.25) is 4.79 Å². The van der Waals surface area contributed by atoms with Crippen molar-refractivity contribution in [2.24, 2.45) is 0 Å². The predicted molar refractivity (Wildman–Crippen MR) is 113 cm³/mol. The van der Waals surface area contributed by atoms with Gasteiger partial charge in [0.25, 0.3) is 5.91 Å².